The lowest BCUT2D eigenvalue weighted by molar-refractivity contribution is 0.0979. The first-order chi connectivity index (χ1) is 12.4. The fourth-order valence-electron chi connectivity index (χ4n) is 2.54. The van der Waals surface area contributed by atoms with E-state index in [1.807, 2.05) is 24.3 Å². The highest BCUT2D eigenvalue weighted by molar-refractivity contribution is 9.10. The standard InChI is InChI=1S/C21H31BrO2S2/c1-4-5-6-7-8-19(26-21(25)24-15-16(2)3)13-14-20(23)17-9-11-18(22)12-10-17/h9-12,16,19H,4-8,13-15H2,1-3H3. The van der Waals surface area contributed by atoms with Crippen molar-refractivity contribution in [1.29, 1.82) is 0 Å². The van der Waals surface area contributed by atoms with Gasteiger partial charge in [0.25, 0.3) is 0 Å². The van der Waals surface area contributed by atoms with Crippen LogP contribution in [0.4, 0.5) is 0 Å². The van der Waals surface area contributed by atoms with Gasteiger partial charge in [-0.1, -0.05) is 86.3 Å². The minimum Gasteiger partial charge on any atom is -0.478 e. The van der Waals surface area contributed by atoms with Gasteiger partial charge in [-0.2, -0.15) is 0 Å². The number of carbonyl (C=O) groups excluding carboxylic acids is 1. The van der Waals surface area contributed by atoms with Crippen LogP contribution in [0.2, 0.25) is 0 Å². The maximum atomic E-state index is 12.4. The number of hydrogen-bond acceptors (Lipinski definition) is 4. The minimum absolute atomic E-state index is 0.200. The van der Waals surface area contributed by atoms with E-state index in [9.17, 15) is 4.79 Å². The molecule has 0 saturated heterocycles. The lowest BCUT2D eigenvalue weighted by Crippen LogP contribution is -2.13. The summed E-state index contributed by atoms with van der Waals surface area (Å²) in [6.45, 7) is 7.11. The monoisotopic (exact) mass is 458 g/mol. The molecule has 1 aromatic carbocycles. The Balaban J connectivity index is 2.52. The molecule has 1 rings (SSSR count). The smallest absolute Gasteiger partial charge is 0.220 e. The van der Waals surface area contributed by atoms with Gasteiger partial charge < -0.3 is 4.74 Å². The maximum Gasteiger partial charge on any atom is 0.220 e. The van der Waals surface area contributed by atoms with Crippen LogP contribution in [0, 0.1) is 5.92 Å². The van der Waals surface area contributed by atoms with E-state index in [0.717, 1.165) is 22.9 Å². The predicted octanol–water partition coefficient (Wildman–Crippen LogP) is 7.44. The third kappa shape index (κ3) is 10.7. The van der Waals surface area contributed by atoms with Gasteiger partial charge in [-0.05, 0) is 43.1 Å². The molecule has 0 aliphatic heterocycles. The van der Waals surface area contributed by atoms with E-state index in [1.54, 1.807) is 11.8 Å². The summed E-state index contributed by atoms with van der Waals surface area (Å²) in [7, 11) is 0. The molecule has 1 atom stereocenters. The number of unbranched alkanes of at least 4 members (excludes halogenated alkanes) is 3. The molecule has 5 heteroatoms. The molecule has 0 heterocycles. The number of carbonyl (C=O) groups is 1. The zero-order valence-corrected chi connectivity index (χ0v) is 19.4. The topological polar surface area (TPSA) is 26.3 Å². The molecule has 1 unspecified atom stereocenters. The van der Waals surface area contributed by atoms with Crippen molar-refractivity contribution in [1.82, 2.24) is 0 Å². The Morgan fingerprint density at radius 1 is 1.15 bits per heavy atom. The zero-order valence-electron chi connectivity index (χ0n) is 16.1. The molecule has 2 nitrogen and oxygen atoms in total. The molecule has 1 aromatic rings. The van der Waals surface area contributed by atoms with Crippen molar-refractivity contribution in [2.75, 3.05) is 6.61 Å². The molecule has 0 radical (unpaired) electrons. The van der Waals surface area contributed by atoms with Gasteiger partial charge in [0.05, 0.1) is 6.61 Å². The summed E-state index contributed by atoms with van der Waals surface area (Å²) in [5.41, 5.74) is 0.779. The first-order valence-electron chi connectivity index (χ1n) is 9.54. The Hall–Kier alpha value is -0.390. The second kappa shape index (κ2) is 13.7. The molecular weight excluding hydrogens is 428 g/mol. The Morgan fingerprint density at radius 3 is 2.46 bits per heavy atom. The summed E-state index contributed by atoms with van der Waals surface area (Å²) in [4.78, 5) is 12.4. The lowest BCUT2D eigenvalue weighted by Gasteiger charge is -2.17. The van der Waals surface area contributed by atoms with E-state index < -0.39 is 0 Å². The number of thioether (sulfide) groups is 1. The average molecular weight is 460 g/mol. The van der Waals surface area contributed by atoms with E-state index in [4.69, 9.17) is 17.0 Å². The first kappa shape index (κ1) is 23.6. The second-order valence-corrected chi connectivity index (χ2v) is 9.83. The molecule has 0 aliphatic carbocycles. The average Bonchev–Trinajstić information content (AvgIpc) is 2.61. The van der Waals surface area contributed by atoms with Crippen LogP contribution in [-0.2, 0) is 4.74 Å². The van der Waals surface area contributed by atoms with E-state index in [-0.39, 0.29) is 5.78 Å². The van der Waals surface area contributed by atoms with Crippen LogP contribution < -0.4 is 0 Å². The third-order valence-corrected chi connectivity index (χ3v) is 6.09. The Bertz CT molecular complexity index is 543. The molecule has 0 spiro atoms. The van der Waals surface area contributed by atoms with Gasteiger partial charge in [0, 0.05) is 21.7 Å². The molecule has 0 aliphatic rings. The second-order valence-electron chi connectivity index (χ2n) is 7.01. The van der Waals surface area contributed by atoms with Crippen LogP contribution in [0.1, 0.15) is 76.1 Å². The van der Waals surface area contributed by atoms with E-state index in [2.05, 4.69) is 36.7 Å². The van der Waals surface area contributed by atoms with E-state index >= 15 is 0 Å². The van der Waals surface area contributed by atoms with Crippen molar-refractivity contribution in [3.63, 3.8) is 0 Å². The predicted molar refractivity (Wildman–Crippen MR) is 121 cm³/mol. The van der Waals surface area contributed by atoms with Crippen molar-refractivity contribution >= 4 is 50.1 Å². The van der Waals surface area contributed by atoms with Crippen molar-refractivity contribution in [2.45, 2.75) is 71.0 Å². The Kier molecular flexibility index (Phi) is 12.5. The van der Waals surface area contributed by atoms with Gasteiger partial charge in [0.15, 0.2) is 5.78 Å². The summed E-state index contributed by atoms with van der Waals surface area (Å²) < 4.78 is 7.28. The fraction of sp³-hybridized carbons (Fsp3) is 0.619. The SMILES string of the molecule is CCCCCCC(CCC(=O)c1ccc(Br)cc1)SC(=S)OCC(C)C. The van der Waals surface area contributed by atoms with Crippen LogP contribution in [0.3, 0.4) is 0 Å². The number of hydrogen-bond donors (Lipinski definition) is 0. The van der Waals surface area contributed by atoms with Crippen molar-refractivity contribution in [3.8, 4) is 0 Å². The maximum absolute atomic E-state index is 12.4. The minimum atomic E-state index is 0.200. The van der Waals surface area contributed by atoms with Crippen LogP contribution in [0.5, 0.6) is 0 Å². The highest BCUT2D eigenvalue weighted by atomic mass is 79.9. The number of thiocarbonyl (C=S) groups is 1. The van der Waals surface area contributed by atoms with Gasteiger partial charge in [0.2, 0.25) is 4.38 Å². The third-order valence-electron chi connectivity index (χ3n) is 4.04. The molecule has 0 amide bonds. The summed E-state index contributed by atoms with van der Waals surface area (Å²) in [6, 6.07) is 7.59. The van der Waals surface area contributed by atoms with Crippen LogP contribution in [-0.4, -0.2) is 22.0 Å². The van der Waals surface area contributed by atoms with Crippen molar-refractivity contribution < 1.29 is 9.53 Å². The highest BCUT2D eigenvalue weighted by Gasteiger charge is 2.16. The van der Waals surface area contributed by atoms with Gasteiger partial charge in [-0.25, -0.2) is 0 Å². The number of ether oxygens (including phenoxy) is 1. The Labute approximate surface area is 177 Å². The molecule has 0 fully saturated rings. The van der Waals surface area contributed by atoms with Gasteiger partial charge >= 0.3 is 0 Å². The number of benzene rings is 1. The van der Waals surface area contributed by atoms with Gasteiger partial charge in [-0.3, -0.25) is 4.79 Å². The first-order valence-corrected chi connectivity index (χ1v) is 11.6. The van der Waals surface area contributed by atoms with Crippen LogP contribution in [0.25, 0.3) is 0 Å². The summed E-state index contributed by atoms with van der Waals surface area (Å²) in [6.07, 6.45) is 7.41. The van der Waals surface area contributed by atoms with E-state index in [1.165, 1.54) is 25.7 Å². The fourth-order valence-corrected chi connectivity index (χ4v) is 4.21. The van der Waals surface area contributed by atoms with Gasteiger partial charge in [0.1, 0.15) is 0 Å². The Morgan fingerprint density at radius 2 is 1.85 bits per heavy atom. The number of ketones is 1. The van der Waals surface area contributed by atoms with E-state index in [0.29, 0.717) is 28.6 Å². The molecule has 0 saturated carbocycles. The van der Waals surface area contributed by atoms with Crippen molar-refractivity contribution in [2.24, 2.45) is 5.92 Å². The number of rotatable bonds is 12. The number of halogens is 1. The lowest BCUT2D eigenvalue weighted by atomic mass is 10.0. The highest BCUT2D eigenvalue weighted by Crippen LogP contribution is 2.26. The molecular formula is C21H31BrO2S2. The summed E-state index contributed by atoms with van der Waals surface area (Å²) in [5.74, 6) is 0.668. The van der Waals surface area contributed by atoms with Gasteiger partial charge in [-0.15, -0.1) is 0 Å². The van der Waals surface area contributed by atoms with Crippen LogP contribution >= 0.6 is 39.9 Å². The molecule has 26 heavy (non-hydrogen) atoms. The molecule has 0 aromatic heterocycles. The molecule has 0 bridgehead atoms. The quantitative estimate of drug-likeness (QED) is 0.184. The van der Waals surface area contributed by atoms with Crippen molar-refractivity contribution in [3.05, 3.63) is 34.3 Å². The molecule has 146 valence electrons. The summed E-state index contributed by atoms with van der Waals surface area (Å²) in [5, 5.41) is 0.353. The zero-order chi connectivity index (χ0) is 19.4. The largest absolute Gasteiger partial charge is 0.478 e. The molecule has 0 N–H and O–H groups in total. The van der Waals surface area contributed by atoms with Crippen LogP contribution in [0.15, 0.2) is 28.7 Å². The number of Topliss-reactive ketones (excluding diaryl/α,β-unsaturated/α-hetero) is 1. The summed E-state index contributed by atoms with van der Waals surface area (Å²) >= 11 is 10.4. The normalized spacial score (nSPS) is 12.2.